The molecule has 1 aliphatic heterocycles. The standard InChI is InChI=1S/C25H37O6/c1-14(2)16-7-8-24(3)9-10-25(4)17(20(16)24)6-5-15(12-26)11-19(25)31-23-22(29)21(28)18(27)13-30-23/h5-6,14,18-19,21-23,27-29H,7-13H2,1-4H3/q-1/t18-,19+,21+,22-,23+,24-,25-/m1/s1. The second kappa shape index (κ2) is 8.40. The molecule has 0 aromatic rings. The molecule has 174 valence electrons. The minimum absolute atomic E-state index is 0.0972. The molecular weight excluding hydrogens is 396 g/mol. The molecule has 4 rings (SSSR count). The summed E-state index contributed by atoms with van der Waals surface area (Å²) in [5.41, 5.74) is 4.77. The number of hydrogen-bond donors (Lipinski definition) is 3. The van der Waals surface area contributed by atoms with Crippen LogP contribution in [-0.4, -0.2) is 59.2 Å². The van der Waals surface area contributed by atoms with E-state index in [1.165, 1.54) is 16.7 Å². The van der Waals surface area contributed by atoms with Crippen molar-refractivity contribution >= 4 is 0 Å². The third-order valence-electron chi connectivity index (χ3n) is 8.23. The van der Waals surface area contributed by atoms with Gasteiger partial charge in [0.2, 0.25) is 0 Å². The Morgan fingerprint density at radius 2 is 1.87 bits per heavy atom. The molecule has 1 saturated carbocycles. The van der Waals surface area contributed by atoms with Gasteiger partial charge in [0.15, 0.2) is 6.29 Å². The Kier molecular flexibility index (Phi) is 6.27. The van der Waals surface area contributed by atoms with Crippen LogP contribution in [0.5, 0.6) is 0 Å². The molecule has 2 fully saturated rings. The van der Waals surface area contributed by atoms with E-state index in [1.807, 2.05) is 6.08 Å². The van der Waals surface area contributed by atoms with E-state index in [2.05, 4.69) is 33.8 Å². The lowest BCUT2D eigenvalue weighted by Gasteiger charge is -2.50. The maximum absolute atomic E-state index is 11.9. The molecule has 6 heteroatoms. The molecule has 3 aliphatic carbocycles. The third-order valence-corrected chi connectivity index (χ3v) is 8.23. The van der Waals surface area contributed by atoms with Crippen LogP contribution >= 0.6 is 0 Å². The Hall–Kier alpha value is -1.02. The van der Waals surface area contributed by atoms with Crippen LogP contribution in [0.2, 0.25) is 0 Å². The van der Waals surface area contributed by atoms with Gasteiger partial charge in [-0.05, 0) is 54.6 Å². The number of aliphatic hydroxyl groups is 3. The predicted octanol–water partition coefficient (Wildman–Crippen LogP) is 1.98. The largest absolute Gasteiger partial charge is 0.851 e. The van der Waals surface area contributed by atoms with Gasteiger partial charge in [0, 0.05) is 5.41 Å². The second-order valence-corrected chi connectivity index (χ2v) is 10.7. The Morgan fingerprint density at radius 3 is 2.55 bits per heavy atom. The molecule has 0 aromatic heterocycles. The van der Waals surface area contributed by atoms with Crippen molar-refractivity contribution in [3.8, 4) is 0 Å². The highest BCUT2D eigenvalue weighted by Crippen LogP contribution is 2.62. The molecule has 0 amide bonds. The van der Waals surface area contributed by atoms with Crippen molar-refractivity contribution < 1.29 is 29.9 Å². The summed E-state index contributed by atoms with van der Waals surface area (Å²) in [6.45, 7) is 8.67. The lowest BCUT2D eigenvalue weighted by atomic mass is 9.57. The van der Waals surface area contributed by atoms with Gasteiger partial charge in [-0.3, -0.25) is 0 Å². The first-order chi connectivity index (χ1) is 14.6. The highest BCUT2D eigenvalue weighted by Gasteiger charge is 2.53. The summed E-state index contributed by atoms with van der Waals surface area (Å²) >= 11 is 0. The first kappa shape index (κ1) is 23.1. The first-order valence-electron chi connectivity index (χ1n) is 11.6. The van der Waals surface area contributed by atoms with Gasteiger partial charge in [-0.25, -0.2) is 0 Å². The minimum atomic E-state index is -1.34. The number of aliphatic hydroxyl groups excluding tert-OH is 3. The summed E-state index contributed by atoms with van der Waals surface area (Å²) in [6, 6.07) is 0. The van der Waals surface area contributed by atoms with E-state index < -0.39 is 24.6 Å². The van der Waals surface area contributed by atoms with Crippen molar-refractivity contribution in [2.45, 2.75) is 90.5 Å². The quantitative estimate of drug-likeness (QED) is 0.627. The topological polar surface area (TPSA) is 102 Å². The summed E-state index contributed by atoms with van der Waals surface area (Å²) < 4.78 is 11.9. The monoisotopic (exact) mass is 433 g/mol. The highest BCUT2D eigenvalue weighted by molar-refractivity contribution is 5.52. The van der Waals surface area contributed by atoms with Gasteiger partial charge in [-0.2, -0.15) is 0 Å². The van der Waals surface area contributed by atoms with Gasteiger partial charge in [0.05, 0.1) is 12.7 Å². The highest BCUT2D eigenvalue weighted by atomic mass is 16.7. The summed E-state index contributed by atoms with van der Waals surface area (Å²) in [7, 11) is 0. The van der Waals surface area contributed by atoms with Crippen LogP contribution in [0.25, 0.3) is 0 Å². The lowest BCUT2D eigenvalue weighted by Crippen LogP contribution is -2.56. The predicted molar refractivity (Wildman–Crippen MR) is 115 cm³/mol. The second-order valence-electron chi connectivity index (χ2n) is 10.7. The van der Waals surface area contributed by atoms with E-state index in [4.69, 9.17) is 9.47 Å². The van der Waals surface area contributed by atoms with Crippen LogP contribution in [0.3, 0.4) is 0 Å². The number of ether oxygens (including phenoxy) is 2. The maximum Gasteiger partial charge on any atom is 0.186 e. The van der Waals surface area contributed by atoms with Gasteiger partial charge < -0.3 is 29.9 Å². The van der Waals surface area contributed by atoms with E-state index in [1.54, 1.807) is 0 Å². The van der Waals surface area contributed by atoms with Crippen molar-refractivity contribution in [1.82, 2.24) is 0 Å². The van der Waals surface area contributed by atoms with E-state index in [-0.39, 0.29) is 30.1 Å². The maximum atomic E-state index is 11.9. The number of allylic oxidation sites excluding steroid dienone is 4. The molecule has 0 aromatic carbocycles. The van der Waals surface area contributed by atoms with Gasteiger partial charge >= 0.3 is 0 Å². The lowest BCUT2D eigenvalue weighted by molar-refractivity contribution is -0.357. The smallest absolute Gasteiger partial charge is 0.186 e. The molecule has 0 bridgehead atoms. The van der Waals surface area contributed by atoms with Gasteiger partial charge in [0.25, 0.3) is 0 Å². The molecule has 3 N–H and O–H groups in total. The van der Waals surface area contributed by atoms with Crippen LogP contribution in [0.1, 0.15) is 59.8 Å². The Balaban J connectivity index is 1.73. The van der Waals surface area contributed by atoms with Crippen molar-refractivity contribution in [1.29, 1.82) is 0 Å². The molecule has 1 saturated heterocycles. The Labute approximate surface area is 185 Å². The van der Waals surface area contributed by atoms with Crippen molar-refractivity contribution in [3.05, 3.63) is 34.4 Å². The molecule has 31 heavy (non-hydrogen) atoms. The zero-order valence-electron chi connectivity index (χ0n) is 19.1. The molecular formula is C25H37O6-. The number of hydrogen-bond acceptors (Lipinski definition) is 6. The van der Waals surface area contributed by atoms with Crippen LogP contribution < -0.4 is 5.11 Å². The van der Waals surface area contributed by atoms with E-state index in [0.29, 0.717) is 12.3 Å². The van der Waals surface area contributed by atoms with Crippen LogP contribution in [0.4, 0.5) is 0 Å². The van der Waals surface area contributed by atoms with E-state index >= 15 is 0 Å². The van der Waals surface area contributed by atoms with Gasteiger partial charge in [-0.15, -0.1) is 6.61 Å². The molecule has 4 aliphatic rings. The summed E-state index contributed by atoms with van der Waals surface area (Å²) in [6.07, 6.45) is 3.61. The SMILES string of the molecule is CC(C)C1=C2C3=CC=C(C[O-])C[C@H](O[C@@H]4OC[C@@H](O)[C@H](O)[C@H]4O)[C@]3(C)CC[C@@]2(C)CC1. The fraction of sp³-hybridized carbons (Fsp3) is 0.760. The fourth-order valence-electron chi connectivity index (χ4n) is 6.04. The summed E-state index contributed by atoms with van der Waals surface area (Å²) in [4.78, 5) is 0. The molecule has 1 heterocycles. The van der Waals surface area contributed by atoms with Gasteiger partial charge in [-0.1, -0.05) is 51.0 Å². The summed E-state index contributed by atoms with van der Waals surface area (Å²) in [5.74, 6) is 0.464. The zero-order valence-corrected chi connectivity index (χ0v) is 19.1. The van der Waals surface area contributed by atoms with Crippen LogP contribution in [0.15, 0.2) is 34.4 Å². The summed E-state index contributed by atoms with van der Waals surface area (Å²) in [5, 5.41) is 42.2. The van der Waals surface area contributed by atoms with Crippen molar-refractivity contribution in [2.75, 3.05) is 13.2 Å². The average Bonchev–Trinajstić information content (AvgIpc) is 3.02. The normalized spacial score (nSPS) is 43.3. The average molecular weight is 434 g/mol. The van der Waals surface area contributed by atoms with Crippen LogP contribution in [0, 0.1) is 16.7 Å². The number of rotatable bonds is 4. The zero-order chi connectivity index (χ0) is 22.6. The Bertz CT molecular complexity index is 798. The van der Waals surface area contributed by atoms with E-state index in [9.17, 15) is 20.4 Å². The molecule has 0 radical (unpaired) electrons. The van der Waals surface area contributed by atoms with Crippen LogP contribution in [-0.2, 0) is 9.47 Å². The van der Waals surface area contributed by atoms with Crippen molar-refractivity contribution in [3.63, 3.8) is 0 Å². The van der Waals surface area contributed by atoms with E-state index in [0.717, 1.165) is 31.3 Å². The van der Waals surface area contributed by atoms with Gasteiger partial charge in [0.1, 0.15) is 18.3 Å². The Morgan fingerprint density at radius 1 is 1.13 bits per heavy atom. The third kappa shape index (κ3) is 3.85. The molecule has 7 atom stereocenters. The fourth-order valence-corrected chi connectivity index (χ4v) is 6.04. The molecule has 0 spiro atoms. The molecule has 0 unspecified atom stereocenters. The number of fused-ring (bicyclic) bond motifs is 3. The first-order valence-corrected chi connectivity index (χ1v) is 11.6. The molecule has 6 nitrogen and oxygen atoms in total. The van der Waals surface area contributed by atoms with Crippen molar-refractivity contribution in [2.24, 2.45) is 16.7 Å². The minimum Gasteiger partial charge on any atom is -0.851 e.